The lowest BCUT2D eigenvalue weighted by Crippen LogP contribution is -2.48. The Morgan fingerprint density at radius 3 is 2.82 bits per heavy atom. The molecule has 0 bridgehead atoms. The van der Waals surface area contributed by atoms with Gasteiger partial charge in [0.1, 0.15) is 6.54 Å². The Morgan fingerprint density at radius 1 is 1.41 bits per heavy atom. The summed E-state index contributed by atoms with van der Waals surface area (Å²) in [6.45, 7) is 3.53. The smallest absolute Gasteiger partial charge is 0.326 e. The largest absolute Gasteiger partial charge is 0.465 e. The third-order valence-corrected chi connectivity index (χ3v) is 4.78. The number of nitrogens with zero attached hydrogens (tertiary/aromatic N) is 1. The predicted molar refractivity (Wildman–Crippen MR) is 84.2 cm³/mol. The molecule has 0 atom stereocenters. The Hall–Kier alpha value is -1.59. The van der Waals surface area contributed by atoms with E-state index in [1.165, 1.54) is 4.90 Å². The Morgan fingerprint density at radius 2 is 2.14 bits per heavy atom. The standard InChI is InChI=1S/C16H19ClN2O3/c1-2-22-13(20)10-19-12-5-3-4-11(17)14(12)16(15(19)21)6-8-18-9-7-16/h3-5,18H,2,6-10H2,1H3. The van der Waals surface area contributed by atoms with Gasteiger partial charge >= 0.3 is 5.97 Å². The number of rotatable bonds is 3. The Kier molecular flexibility index (Phi) is 4.10. The second-order valence-electron chi connectivity index (χ2n) is 5.66. The Labute approximate surface area is 134 Å². The predicted octanol–water partition coefficient (Wildman–Crippen LogP) is 1.87. The van der Waals surface area contributed by atoms with Gasteiger partial charge in [-0.15, -0.1) is 0 Å². The summed E-state index contributed by atoms with van der Waals surface area (Å²) >= 11 is 6.41. The number of amides is 1. The summed E-state index contributed by atoms with van der Waals surface area (Å²) in [5.41, 5.74) is 1.01. The van der Waals surface area contributed by atoms with E-state index in [1.54, 1.807) is 6.92 Å². The first-order valence-corrected chi connectivity index (χ1v) is 7.95. The first-order chi connectivity index (χ1) is 10.6. The van der Waals surface area contributed by atoms with Crippen LogP contribution in [-0.2, 0) is 19.7 Å². The molecule has 2 aliphatic heterocycles. The van der Waals surface area contributed by atoms with Crippen molar-refractivity contribution in [2.75, 3.05) is 31.1 Å². The molecule has 5 nitrogen and oxygen atoms in total. The van der Waals surface area contributed by atoms with Gasteiger partial charge in [-0.2, -0.15) is 0 Å². The zero-order valence-electron chi connectivity index (χ0n) is 12.5. The fourth-order valence-electron chi connectivity index (χ4n) is 3.50. The highest BCUT2D eigenvalue weighted by atomic mass is 35.5. The number of esters is 1. The number of benzene rings is 1. The summed E-state index contributed by atoms with van der Waals surface area (Å²) in [4.78, 5) is 26.4. The van der Waals surface area contributed by atoms with Crippen molar-refractivity contribution in [3.63, 3.8) is 0 Å². The van der Waals surface area contributed by atoms with Crippen LogP contribution in [0.2, 0.25) is 5.02 Å². The molecular formula is C16H19ClN2O3. The topological polar surface area (TPSA) is 58.6 Å². The van der Waals surface area contributed by atoms with Crippen molar-refractivity contribution in [1.82, 2.24) is 5.32 Å². The number of ether oxygens (including phenoxy) is 1. The maximum Gasteiger partial charge on any atom is 0.326 e. The van der Waals surface area contributed by atoms with Crippen molar-refractivity contribution in [2.45, 2.75) is 25.2 Å². The van der Waals surface area contributed by atoms with E-state index in [0.29, 0.717) is 24.5 Å². The molecule has 1 aromatic carbocycles. The van der Waals surface area contributed by atoms with Crippen LogP contribution in [0, 0.1) is 0 Å². The minimum atomic E-state index is -0.606. The number of halogens is 1. The lowest BCUT2D eigenvalue weighted by Gasteiger charge is -2.33. The van der Waals surface area contributed by atoms with Gasteiger partial charge in [0, 0.05) is 10.6 Å². The number of carbonyl (C=O) groups is 2. The lowest BCUT2D eigenvalue weighted by molar-refractivity contribution is -0.142. The maximum atomic E-state index is 13.1. The average molecular weight is 323 g/mol. The molecule has 118 valence electrons. The molecule has 2 aliphatic rings. The van der Waals surface area contributed by atoms with Gasteiger partial charge in [0.15, 0.2) is 0 Å². The summed E-state index contributed by atoms with van der Waals surface area (Å²) in [7, 11) is 0. The van der Waals surface area contributed by atoms with Crippen LogP contribution >= 0.6 is 11.6 Å². The van der Waals surface area contributed by atoms with E-state index in [-0.39, 0.29) is 12.5 Å². The van der Waals surface area contributed by atoms with Gasteiger partial charge in [-0.1, -0.05) is 17.7 Å². The monoisotopic (exact) mass is 322 g/mol. The number of anilines is 1. The van der Waals surface area contributed by atoms with Crippen LogP contribution in [0.15, 0.2) is 18.2 Å². The molecular weight excluding hydrogens is 304 g/mol. The molecule has 1 N–H and O–H groups in total. The molecule has 0 aromatic heterocycles. The SMILES string of the molecule is CCOC(=O)CN1C(=O)C2(CCNCC2)c2c(Cl)cccc21. The number of nitrogens with one attached hydrogen (secondary N) is 1. The van der Waals surface area contributed by atoms with E-state index in [4.69, 9.17) is 16.3 Å². The van der Waals surface area contributed by atoms with Gasteiger partial charge in [-0.25, -0.2) is 0 Å². The number of hydrogen-bond acceptors (Lipinski definition) is 4. The van der Waals surface area contributed by atoms with E-state index < -0.39 is 11.4 Å². The quantitative estimate of drug-likeness (QED) is 0.863. The minimum Gasteiger partial charge on any atom is -0.465 e. The highest BCUT2D eigenvalue weighted by Crippen LogP contribution is 2.49. The third kappa shape index (κ3) is 2.29. The van der Waals surface area contributed by atoms with Crippen molar-refractivity contribution in [2.24, 2.45) is 0 Å². The van der Waals surface area contributed by atoms with Crippen LogP contribution in [0.5, 0.6) is 0 Å². The molecule has 1 saturated heterocycles. The summed E-state index contributed by atoms with van der Waals surface area (Å²) in [6, 6.07) is 5.48. The van der Waals surface area contributed by atoms with Crippen molar-refractivity contribution in [3.8, 4) is 0 Å². The van der Waals surface area contributed by atoms with Gasteiger partial charge in [0.05, 0.1) is 17.7 Å². The van der Waals surface area contributed by atoms with Crippen molar-refractivity contribution in [1.29, 1.82) is 0 Å². The summed E-state index contributed by atoms with van der Waals surface area (Å²) in [6.07, 6.45) is 1.39. The fourth-order valence-corrected chi connectivity index (χ4v) is 3.85. The molecule has 0 aliphatic carbocycles. The molecule has 1 fully saturated rings. The van der Waals surface area contributed by atoms with Crippen LogP contribution in [0.3, 0.4) is 0 Å². The molecule has 22 heavy (non-hydrogen) atoms. The van der Waals surface area contributed by atoms with Crippen molar-refractivity contribution in [3.05, 3.63) is 28.8 Å². The van der Waals surface area contributed by atoms with Crippen LogP contribution in [0.4, 0.5) is 5.69 Å². The van der Waals surface area contributed by atoms with E-state index in [2.05, 4.69) is 5.32 Å². The summed E-state index contributed by atoms with van der Waals surface area (Å²) < 4.78 is 5.00. The minimum absolute atomic E-state index is 0.0369. The van der Waals surface area contributed by atoms with Crippen molar-refractivity contribution >= 4 is 29.2 Å². The molecule has 0 unspecified atom stereocenters. The molecule has 3 rings (SSSR count). The zero-order valence-corrected chi connectivity index (χ0v) is 13.3. The number of piperidine rings is 1. The highest BCUT2D eigenvalue weighted by Gasteiger charge is 2.52. The van der Waals surface area contributed by atoms with Crippen LogP contribution < -0.4 is 10.2 Å². The van der Waals surface area contributed by atoms with Crippen LogP contribution in [0.1, 0.15) is 25.3 Å². The van der Waals surface area contributed by atoms with Gasteiger partial charge in [-0.05, 0) is 45.0 Å². The fraction of sp³-hybridized carbons (Fsp3) is 0.500. The van der Waals surface area contributed by atoms with Crippen LogP contribution in [-0.4, -0.2) is 38.1 Å². The van der Waals surface area contributed by atoms with E-state index in [0.717, 1.165) is 24.3 Å². The number of carbonyl (C=O) groups excluding carboxylic acids is 2. The normalized spacial score (nSPS) is 19.4. The molecule has 1 spiro atoms. The van der Waals surface area contributed by atoms with Gasteiger partial charge < -0.3 is 15.0 Å². The van der Waals surface area contributed by atoms with Gasteiger partial charge in [0.2, 0.25) is 5.91 Å². The third-order valence-electron chi connectivity index (χ3n) is 4.47. The first-order valence-electron chi connectivity index (χ1n) is 7.57. The molecule has 0 saturated carbocycles. The van der Waals surface area contributed by atoms with E-state index in [1.807, 2.05) is 18.2 Å². The molecule has 1 amide bonds. The Balaban J connectivity index is 2.03. The average Bonchev–Trinajstić information content (AvgIpc) is 2.72. The first kappa shape index (κ1) is 15.3. The number of fused-ring (bicyclic) bond motifs is 2. The maximum absolute atomic E-state index is 13.1. The summed E-state index contributed by atoms with van der Waals surface area (Å²) in [5.74, 6) is -0.432. The molecule has 2 heterocycles. The molecule has 0 radical (unpaired) electrons. The Bertz CT molecular complexity index is 611. The van der Waals surface area contributed by atoms with Gasteiger partial charge in [0.25, 0.3) is 0 Å². The van der Waals surface area contributed by atoms with Gasteiger partial charge in [-0.3, -0.25) is 9.59 Å². The van der Waals surface area contributed by atoms with Crippen molar-refractivity contribution < 1.29 is 14.3 Å². The zero-order chi connectivity index (χ0) is 15.7. The highest BCUT2D eigenvalue weighted by molar-refractivity contribution is 6.33. The number of hydrogen-bond donors (Lipinski definition) is 1. The lowest BCUT2D eigenvalue weighted by atomic mass is 9.74. The van der Waals surface area contributed by atoms with E-state index >= 15 is 0 Å². The molecule has 6 heteroatoms. The van der Waals surface area contributed by atoms with Crippen LogP contribution in [0.25, 0.3) is 0 Å². The van der Waals surface area contributed by atoms with E-state index in [9.17, 15) is 9.59 Å². The molecule has 1 aromatic rings. The second kappa shape index (κ2) is 5.89. The summed E-state index contributed by atoms with van der Waals surface area (Å²) in [5, 5.41) is 3.87. The second-order valence-corrected chi connectivity index (χ2v) is 6.07.